The molecule has 0 rings (SSSR count). The van der Waals surface area contributed by atoms with E-state index in [4.69, 9.17) is 16.0 Å². The van der Waals surface area contributed by atoms with Gasteiger partial charge in [0, 0.05) is 0 Å². The molecule has 0 heterocycles. The van der Waals surface area contributed by atoms with Crippen molar-refractivity contribution in [2.24, 2.45) is 0 Å². The van der Waals surface area contributed by atoms with Gasteiger partial charge in [-0.25, -0.2) is 0 Å². The summed E-state index contributed by atoms with van der Waals surface area (Å²) in [5.41, 5.74) is 0. The quantitative estimate of drug-likeness (QED) is 0.432. The van der Waals surface area contributed by atoms with E-state index < -0.39 is 13.4 Å². The molecule has 0 amide bonds. The summed E-state index contributed by atoms with van der Waals surface area (Å²) >= 11 is -5.75. The van der Waals surface area contributed by atoms with Crippen LogP contribution >= 0.6 is 0 Å². The Morgan fingerprint density at radius 3 is 1.17 bits per heavy atom. The summed E-state index contributed by atoms with van der Waals surface area (Å²) in [5.74, 6) is 0. The van der Waals surface area contributed by atoms with Crippen molar-refractivity contribution in [1.29, 1.82) is 0 Å². The standard InChI is InChI=1S/Cd.H2O4Se/c;1-5(2,3)4/h;(H2,1,2,3,4)/q+2;/p-2. The van der Waals surface area contributed by atoms with Gasteiger partial charge in [0.25, 0.3) is 0 Å². The maximum absolute atomic E-state index is 8.59. The van der Waals surface area contributed by atoms with Crippen LogP contribution in [0.1, 0.15) is 0 Å². The smallest absolute Gasteiger partial charge is 2.00 e. The summed E-state index contributed by atoms with van der Waals surface area (Å²) in [6.07, 6.45) is 0. The third-order valence-corrected chi connectivity index (χ3v) is 0. The van der Waals surface area contributed by atoms with Crippen molar-refractivity contribution in [2.45, 2.75) is 0 Å². The van der Waals surface area contributed by atoms with Gasteiger partial charge in [0.15, 0.2) is 0 Å². The first-order valence-corrected chi connectivity index (χ1v) is 3.46. The number of hydrogen-bond donors (Lipinski definition) is 0. The fourth-order valence-corrected chi connectivity index (χ4v) is 0. The zero-order valence-electron chi connectivity index (χ0n) is 2.75. The fraction of sp³-hybridized carbons (Fsp3) is 0. The van der Waals surface area contributed by atoms with Gasteiger partial charge < -0.3 is 0 Å². The molecule has 0 aliphatic rings. The van der Waals surface area contributed by atoms with E-state index in [0.29, 0.717) is 0 Å². The van der Waals surface area contributed by atoms with Crippen LogP contribution in [0.2, 0.25) is 0 Å². The van der Waals surface area contributed by atoms with E-state index in [-0.39, 0.29) is 27.3 Å². The first-order valence-electron chi connectivity index (χ1n) is 0.667. The maximum Gasteiger partial charge on any atom is 2.00 e. The molecule has 0 fully saturated rings. The van der Waals surface area contributed by atoms with Gasteiger partial charge in [-0.3, -0.25) is 0 Å². The Morgan fingerprint density at radius 1 is 1.17 bits per heavy atom. The summed E-state index contributed by atoms with van der Waals surface area (Å²) in [7, 11) is 0. The van der Waals surface area contributed by atoms with Crippen molar-refractivity contribution >= 4 is 13.4 Å². The van der Waals surface area contributed by atoms with Gasteiger partial charge in [-0.2, -0.15) is 0 Å². The van der Waals surface area contributed by atoms with Gasteiger partial charge in [0.05, 0.1) is 0 Å². The SMILES string of the molecule is O=[Se](=O)([O-])[O-].[Cd+2]. The molecule has 0 spiro atoms. The number of hydrogen-bond acceptors (Lipinski definition) is 4. The van der Waals surface area contributed by atoms with E-state index >= 15 is 0 Å². The van der Waals surface area contributed by atoms with Crippen LogP contribution in [0, 0.1) is 0 Å². The molecule has 0 saturated carbocycles. The van der Waals surface area contributed by atoms with Crippen LogP contribution in [-0.4, -0.2) is 13.4 Å². The van der Waals surface area contributed by atoms with Crippen molar-refractivity contribution in [3.05, 3.63) is 0 Å². The topological polar surface area (TPSA) is 80.3 Å². The van der Waals surface area contributed by atoms with Gasteiger partial charge >= 0.3 is 56.7 Å². The summed E-state index contributed by atoms with van der Waals surface area (Å²) < 4.78 is 34.4. The molecule has 6 heteroatoms. The zero-order chi connectivity index (χ0) is 4.50. The van der Waals surface area contributed by atoms with Gasteiger partial charge in [0.1, 0.15) is 0 Å². The van der Waals surface area contributed by atoms with Gasteiger partial charge in [0.2, 0.25) is 0 Å². The predicted octanol–water partition coefficient (Wildman–Crippen LogP) is -3.00. The van der Waals surface area contributed by atoms with Gasteiger partial charge in [-0.05, 0) is 0 Å². The third kappa shape index (κ3) is 84.2. The minimum absolute atomic E-state index is 0. The van der Waals surface area contributed by atoms with Crippen LogP contribution in [0.25, 0.3) is 0 Å². The Morgan fingerprint density at radius 2 is 1.17 bits per heavy atom. The Balaban J connectivity index is 0. The molecule has 0 aliphatic heterocycles. The first-order chi connectivity index (χ1) is 2.00. The minimum atomic E-state index is -5.75. The Hall–Kier alpha value is 0.962. The molecule has 0 aromatic heterocycles. The molecule has 0 aromatic rings. The average Bonchev–Trinajstić information content (AvgIpc) is 0.722. The first kappa shape index (κ1) is 10.1. The van der Waals surface area contributed by atoms with Crippen LogP contribution in [0.4, 0.5) is 0 Å². The van der Waals surface area contributed by atoms with E-state index in [1.807, 2.05) is 0 Å². The monoisotopic (exact) mass is 258 g/mol. The second kappa shape index (κ2) is 3.03. The van der Waals surface area contributed by atoms with Crippen LogP contribution < -0.4 is 8.38 Å². The second-order valence-corrected chi connectivity index (χ2v) is 2.12. The molecule has 0 N–H and O–H groups in total. The minimum Gasteiger partial charge on any atom is 2.00 e. The van der Waals surface area contributed by atoms with Crippen molar-refractivity contribution < 1.29 is 43.3 Å². The molecule has 4 nitrogen and oxygen atoms in total. The summed E-state index contributed by atoms with van der Waals surface area (Å²) in [6.45, 7) is 0. The normalized spacial score (nSPS) is 9.67. The molecular weight excluding hydrogens is 255 g/mol. The van der Waals surface area contributed by atoms with E-state index in [0.717, 1.165) is 0 Å². The van der Waals surface area contributed by atoms with Crippen molar-refractivity contribution in [1.82, 2.24) is 0 Å². The van der Waals surface area contributed by atoms with Crippen molar-refractivity contribution in [2.75, 3.05) is 0 Å². The van der Waals surface area contributed by atoms with Crippen molar-refractivity contribution in [3.8, 4) is 0 Å². The van der Waals surface area contributed by atoms with Crippen LogP contribution in [-0.2, 0) is 35.0 Å². The van der Waals surface area contributed by atoms with Crippen LogP contribution in [0.3, 0.4) is 0 Å². The fourth-order valence-electron chi connectivity index (χ4n) is 0. The average molecular weight is 255 g/mol. The molecule has 6 heavy (non-hydrogen) atoms. The van der Waals surface area contributed by atoms with E-state index in [9.17, 15) is 0 Å². The molecule has 0 aromatic carbocycles. The van der Waals surface area contributed by atoms with Crippen molar-refractivity contribution in [3.63, 3.8) is 0 Å². The van der Waals surface area contributed by atoms with Crippen LogP contribution in [0.15, 0.2) is 0 Å². The third-order valence-electron chi connectivity index (χ3n) is 0. The summed E-state index contributed by atoms with van der Waals surface area (Å²) in [4.78, 5) is 0. The molecule has 0 aliphatic carbocycles. The number of rotatable bonds is 0. The molecular formula is CdO4Se. The van der Waals surface area contributed by atoms with E-state index in [2.05, 4.69) is 0 Å². The second-order valence-electron chi connectivity index (χ2n) is 0.408. The summed E-state index contributed by atoms with van der Waals surface area (Å²) in [6, 6.07) is 0. The molecule has 0 unspecified atom stereocenters. The Labute approximate surface area is 56.6 Å². The van der Waals surface area contributed by atoms with E-state index in [1.165, 1.54) is 0 Å². The molecule has 0 saturated heterocycles. The largest absolute Gasteiger partial charge is 2.00 e. The maximum atomic E-state index is 8.59. The Bertz CT molecular complexity index is 90.7. The van der Waals surface area contributed by atoms with Crippen LogP contribution in [0.5, 0.6) is 0 Å². The predicted molar refractivity (Wildman–Crippen MR) is 7.13 cm³/mol. The van der Waals surface area contributed by atoms with E-state index in [1.54, 1.807) is 0 Å². The van der Waals surface area contributed by atoms with Gasteiger partial charge in [-0.1, -0.05) is 0 Å². The Kier molecular flexibility index (Phi) is 5.07. The molecule has 32 valence electrons. The molecule has 0 atom stereocenters. The van der Waals surface area contributed by atoms with Gasteiger partial charge in [-0.15, -0.1) is 0 Å². The summed E-state index contributed by atoms with van der Waals surface area (Å²) in [5, 5.41) is 0. The molecule has 0 radical (unpaired) electrons. The zero-order valence-corrected chi connectivity index (χ0v) is 8.50. The molecule has 0 bridgehead atoms.